The zero-order chi connectivity index (χ0) is 19.0. The molecule has 1 spiro atoms. The largest absolute Gasteiger partial charge is 0.271 e. The molecule has 2 aliphatic carbocycles. The highest BCUT2D eigenvalue weighted by atomic mass is 32.2. The van der Waals surface area contributed by atoms with E-state index in [1.54, 1.807) is 0 Å². The molecule has 2 bridgehead atoms. The molecule has 4 aliphatic rings. The number of nitrogens with zero attached hydrogens (tertiary/aromatic N) is 2. The number of carbonyl (C=O) groups excluding carboxylic acids is 1. The molecule has 3 fully saturated rings. The second-order valence-electron chi connectivity index (χ2n) is 8.88. The van der Waals surface area contributed by atoms with Gasteiger partial charge in [-0.25, -0.2) is 12.7 Å². The Balaban J connectivity index is 1.47. The van der Waals surface area contributed by atoms with Gasteiger partial charge in [-0.15, -0.1) is 11.8 Å². The number of benzene rings is 1. The van der Waals surface area contributed by atoms with Crippen LogP contribution in [0.5, 0.6) is 0 Å². The van der Waals surface area contributed by atoms with Gasteiger partial charge in [0, 0.05) is 16.7 Å². The highest BCUT2D eigenvalue weighted by molar-refractivity contribution is 8.14. The zero-order valence-electron chi connectivity index (χ0n) is 15.6. The molecule has 5 nitrogen and oxygen atoms in total. The Kier molecular flexibility index (Phi) is 3.68. The van der Waals surface area contributed by atoms with Crippen LogP contribution in [0.25, 0.3) is 0 Å². The Morgan fingerprint density at radius 3 is 2.70 bits per heavy atom. The monoisotopic (exact) mass is 404 g/mol. The van der Waals surface area contributed by atoms with Gasteiger partial charge in [-0.3, -0.25) is 9.79 Å². The maximum Gasteiger partial charge on any atom is 0.262 e. The zero-order valence-corrected chi connectivity index (χ0v) is 17.2. The Morgan fingerprint density at radius 1 is 1.26 bits per heavy atom. The minimum absolute atomic E-state index is 0.0251. The molecule has 0 aromatic heterocycles. The summed E-state index contributed by atoms with van der Waals surface area (Å²) in [5, 5.41) is 0.827. The quantitative estimate of drug-likeness (QED) is 0.760. The van der Waals surface area contributed by atoms with Crippen molar-refractivity contribution in [1.29, 1.82) is 0 Å². The minimum Gasteiger partial charge on any atom is -0.271 e. The van der Waals surface area contributed by atoms with Crippen molar-refractivity contribution in [3.63, 3.8) is 0 Å². The van der Waals surface area contributed by atoms with Crippen molar-refractivity contribution in [2.45, 2.75) is 45.2 Å². The first kappa shape index (κ1) is 17.7. The number of carbonyl (C=O) groups is 1. The first-order chi connectivity index (χ1) is 12.8. The van der Waals surface area contributed by atoms with Gasteiger partial charge in [-0.2, -0.15) is 0 Å². The van der Waals surface area contributed by atoms with E-state index in [0.717, 1.165) is 29.9 Å². The van der Waals surface area contributed by atoms with Crippen LogP contribution in [0.4, 0.5) is 0 Å². The van der Waals surface area contributed by atoms with Crippen molar-refractivity contribution in [3.8, 4) is 0 Å². The van der Waals surface area contributed by atoms with Gasteiger partial charge in [0.15, 0.2) is 0 Å². The van der Waals surface area contributed by atoms with E-state index in [1.165, 1.54) is 16.1 Å². The van der Waals surface area contributed by atoms with E-state index in [0.29, 0.717) is 11.7 Å². The first-order valence-corrected chi connectivity index (χ1v) is 12.2. The van der Waals surface area contributed by atoms with Crippen LogP contribution in [0.1, 0.15) is 38.7 Å². The molecular weight excluding hydrogens is 380 g/mol. The Labute approximate surface area is 164 Å². The SMILES string of the molecule is CC1(C)[C@@H]2CC[C@]13CS(=O)(=O)N(C(=O)C1CSC(c4ccccc4)=N1)[C@@H]3C2. The van der Waals surface area contributed by atoms with E-state index in [-0.39, 0.29) is 28.5 Å². The van der Waals surface area contributed by atoms with Crippen molar-refractivity contribution < 1.29 is 13.2 Å². The van der Waals surface area contributed by atoms with Gasteiger partial charge in [-0.05, 0) is 30.6 Å². The summed E-state index contributed by atoms with van der Waals surface area (Å²) in [6.45, 7) is 4.40. The van der Waals surface area contributed by atoms with Crippen molar-refractivity contribution in [2.24, 2.45) is 21.7 Å². The molecule has 4 atom stereocenters. The highest BCUT2D eigenvalue weighted by Gasteiger charge is 2.72. The van der Waals surface area contributed by atoms with E-state index >= 15 is 0 Å². The van der Waals surface area contributed by atoms with Gasteiger partial charge in [0.05, 0.1) is 16.8 Å². The fraction of sp³-hybridized carbons (Fsp3) is 0.600. The van der Waals surface area contributed by atoms with Crippen molar-refractivity contribution >= 4 is 32.7 Å². The number of hydrogen-bond acceptors (Lipinski definition) is 5. The van der Waals surface area contributed by atoms with E-state index in [1.807, 2.05) is 30.3 Å². The number of rotatable bonds is 2. The third kappa shape index (κ3) is 2.27. The molecule has 1 aromatic rings. The third-order valence-corrected chi connectivity index (χ3v) is 10.6. The predicted octanol–water partition coefficient (Wildman–Crippen LogP) is 2.92. The maximum absolute atomic E-state index is 13.3. The first-order valence-electron chi connectivity index (χ1n) is 9.58. The summed E-state index contributed by atoms with van der Waals surface area (Å²) in [5.41, 5.74) is 0.687. The molecule has 0 radical (unpaired) electrons. The predicted molar refractivity (Wildman–Crippen MR) is 107 cm³/mol. The van der Waals surface area contributed by atoms with Gasteiger partial charge in [-0.1, -0.05) is 44.2 Å². The molecular formula is C20H24N2O3S2. The van der Waals surface area contributed by atoms with Crippen LogP contribution in [-0.2, 0) is 14.8 Å². The molecule has 1 aromatic carbocycles. The molecule has 7 heteroatoms. The molecule has 0 N–H and O–H groups in total. The van der Waals surface area contributed by atoms with Crippen LogP contribution in [0.15, 0.2) is 35.3 Å². The van der Waals surface area contributed by atoms with E-state index < -0.39 is 16.1 Å². The van der Waals surface area contributed by atoms with Crippen LogP contribution in [-0.4, -0.2) is 47.3 Å². The molecule has 1 saturated heterocycles. The minimum atomic E-state index is -3.57. The molecule has 1 unspecified atom stereocenters. The van der Waals surface area contributed by atoms with E-state index in [4.69, 9.17) is 0 Å². The lowest BCUT2D eigenvalue weighted by Crippen LogP contribution is -2.47. The second-order valence-corrected chi connectivity index (χ2v) is 11.7. The smallest absolute Gasteiger partial charge is 0.262 e. The lowest BCUT2D eigenvalue weighted by atomic mass is 9.69. The molecule has 144 valence electrons. The summed E-state index contributed by atoms with van der Waals surface area (Å²) in [4.78, 5) is 17.9. The molecule has 1 amide bonds. The number of hydrogen-bond donors (Lipinski definition) is 0. The molecule has 27 heavy (non-hydrogen) atoms. The van der Waals surface area contributed by atoms with E-state index in [9.17, 15) is 13.2 Å². The fourth-order valence-corrected chi connectivity index (χ4v) is 9.57. The van der Waals surface area contributed by atoms with Crippen molar-refractivity contribution in [1.82, 2.24) is 4.31 Å². The molecule has 2 aliphatic heterocycles. The van der Waals surface area contributed by atoms with Crippen LogP contribution < -0.4 is 0 Å². The number of thioether (sulfide) groups is 1. The van der Waals surface area contributed by atoms with Gasteiger partial charge in [0.25, 0.3) is 5.91 Å². The number of aliphatic imine (C=N–C) groups is 1. The number of sulfonamides is 1. The van der Waals surface area contributed by atoms with Crippen molar-refractivity contribution in [2.75, 3.05) is 11.5 Å². The normalized spacial score (nSPS) is 38.1. The topological polar surface area (TPSA) is 66.8 Å². The van der Waals surface area contributed by atoms with Gasteiger partial charge in [0.1, 0.15) is 6.04 Å². The third-order valence-electron chi connectivity index (χ3n) is 7.59. The standard InChI is InChI=1S/C20H24N2O3S2/c1-19(2)14-8-9-20(19)12-27(24,25)22(16(20)10-14)18(23)15-11-26-17(21-15)13-6-4-3-5-7-13/h3-7,14-16H,8-12H2,1-2H3/t14-,15?,16-,20-/m1/s1. The molecule has 5 rings (SSSR count). The Hall–Kier alpha value is -1.34. The van der Waals surface area contributed by atoms with E-state index in [2.05, 4.69) is 18.8 Å². The lowest BCUT2D eigenvalue weighted by Gasteiger charge is -2.37. The summed E-state index contributed by atoms with van der Waals surface area (Å²) < 4.78 is 27.4. The summed E-state index contributed by atoms with van der Waals surface area (Å²) in [5.74, 6) is 0.824. The summed E-state index contributed by atoms with van der Waals surface area (Å²) >= 11 is 1.54. The maximum atomic E-state index is 13.3. The lowest BCUT2D eigenvalue weighted by molar-refractivity contribution is -0.129. The van der Waals surface area contributed by atoms with Crippen LogP contribution in [0.2, 0.25) is 0 Å². The highest BCUT2D eigenvalue weighted by Crippen LogP contribution is 2.70. The van der Waals surface area contributed by atoms with Gasteiger partial charge >= 0.3 is 0 Å². The molecule has 2 saturated carbocycles. The van der Waals surface area contributed by atoms with Crippen LogP contribution >= 0.6 is 11.8 Å². The van der Waals surface area contributed by atoms with Gasteiger partial charge in [0.2, 0.25) is 10.0 Å². The fourth-order valence-electron chi connectivity index (χ4n) is 5.96. The number of fused-ring (bicyclic) bond motifs is 1. The summed E-state index contributed by atoms with van der Waals surface area (Å²) in [6.07, 6.45) is 2.81. The van der Waals surface area contributed by atoms with Crippen molar-refractivity contribution in [3.05, 3.63) is 35.9 Å². The Bertz CT molecular complexity index is 941. The average Bonchev–Trinajstić information content (AvgIpc) is 3.31. The van der Waals surface area contributed by atoms with Crippen LogP contribution in [0.3, 0.4) is 0 Å². The molecule has 2 heterocycles. The number of amides is 1. The van der Waals surface area contributed by atoms with Crippen LogP contribution in [0, 0.1) is 16.7 Å². The summed E-state index contributed by atoms with van der Waals surface area (Å²) in [6, 6.07) is 9.00. The Morgan fingerprint density at radius 2 is 2.00 bits per heavy atom. The average molecular weight is 405 g/mol. The second kappa shape index (κ2) is 5.60. The summed E-state index contributed by atoms with van der Waals surface area (Å²) in [7, 11) is -3.57. The van der Waals surface area contributed by atoms with Gasteiger partial charge < -0.3 is 0 Å².